The number of nitrogens with zero attached hydrogens (tertiary/aromatic N) is 2. The summed E-state index contributed by atoms with van der Waals surface area (Å²) >= 11 is 6.17. The van der Waals surface area contributed by atoms with Gasteiger partial charge in [-0.05, 0) is 25.3 Å². The maximum Gasteiger partial charge on any atom is 0.0762 e. The third-order valence-electron chi connectivity index (χ3n) is 3.07. The van der Waals surface area contributed by atoms with Gasteiger partial charge in [-0.3, -0.25) is 4.68 Å². The van der Waals surface area contributed by atoms with Gasteiger partial charge in [0, 0.05) is 30.7 Å². The quantitative estimate of drug-likeness (QED) is 0.761. The molecule has 17 heavy (non-hydrogen) atoms. The summed E-state index contributed by atoms with van der Waals surface area (Å²) < 4.78 is 2.03. The monoisotopic (exact) mass is 257 g/mol. The number of alkyl halides is 1. The van der Waals surface area contributed by atoms with E-state index < -0.39 is 0 Å². The van der Waals surface area contributed by atoms with E-state index >= 15 is 0 Å². The summed E-state index contributed by atoms with van der Waals surface area (Å²) in [5.74, 6) is 0.502. The van der Waals surface area contributed by atoms with E-state index in [4.69, 9.17) is 11.6 Å². The van der Waals surface area contributed by atoms with Crippen molar-refractivity contribution in [3.8, 4) is 0 Å². The average Bonchev–Trinajstić information content (AvgIpc) is 2.76. The molecule has 1 N–H and O–H groups in total. The van der Waals surface area contributed by atoms with Crippen molar-refractivity contribution >= 4 is 11.6 Å². The maximum absolute atomic E-state index is 6.17. The Hall–Kier alpha value is -0.540. The molecule has 0 saturated carbocycles. The number of aromatic nitrogens is 2. The molecular formula is C13H24ClN3. The van der Waals surface area contributed by atoms with Crippen LogP contribution in [0.5, 0.6) is 0 Å². The Balaban J connectivity index is 2.35. The third-order valence-corrected chi connectivity index (χ3v) is 3.73. The zero-order valence-electron chi connectivity index (χ0n) is 11.3. The summed E-state index contributed by atoms with van der Waals surface area (Å²) in [4.78, 5) is 0. The topological polar surface area (TPSA) is 29.9 Å². The molecule has 0 aromatic carbocycles. The molecule has 0 fully saturated rings. The smallest absolute Gasteiger partial charge is 0.0762 e. The van der Waals surface area contributed by atoms with Crippen LogP contribution in [0.1, 0.15) is 45.9 Å². The molecule has 1 heterocycles. The number of hydrogen-bond donors (Lipinski definition) is 1. The predicted molar refractivity (Wildman–Crippen MR) is 73.4 cm³/mol. The predicted octanol–water partition coefficient (Wildman–Crippen LogP) is 3.21. The molecule has 2 atom stereocenters. The number of halogens is 1. The summed E-state index contributed by atoms with van der Waals surface area (Å²) in [6.07, 6.45) is 3.15. The zero-order valence-corrected chi connectivity index (χ0v) is 12.0. The van der Waals surface area contributed by atoms with Gasteiger partial charge in [0.05, 0.1) is 5.69 Å². The highest BCUT2D eigenvalue weighted by Gasteiger charge is 2.09. The maximum atomic E-state index is 6.17. The largest absolute Gasteiger partial charge is 0.310 e. The van der Waals surface area contributed by atoms with Crippen LogP contribution in [0.4, 0.5) is 0 Å². The molecule has 0 amide bonds. The second-order valence-electron chi connectivity index (χ2n) is 4.94. The van der Waals surface area contributed by atoms with Gasteiger partial charge in [-0.15, -0.1) is 11.6 Å². The molecule has 0 saturated heterocycles. The lowest BCUT2D eigenvalue weighted by Gasteiger charge is -2.13. The van der Waals surface area contributed by atoms with E-state index in [0.717, 1.165) is 25.2 Å². The molecule has 0 spiro atoms. The summed E-state index contributed by atoms with van der Waals surface area (Å²) in [5, 5.41) is 8.07. The molecule has 0 aliphatic rings. The fraction of sp³-hybridized carbons (Fsp3) is 0.769. The molecule has 0 aliphatic heterocycles. The van der Waals surface area contributed by atoms with Crippen LogP contribution in [0, 0.1) is 5.92 Å². The standard InChI is InChI=1S/C13H24ClN3/c1-5-11(4)17-7-6-12(16-17)8-15-9-13(14)10(2)3/h6-7,10-11,13,15H,5,8-9H2,1-4H3. The Kier molecular flexibility index (Phi) is 6.00. The molecule has 4 heteroatoms. The fourth-order valence-electron chi connectivity index (χ4n) is 1.48. The lowest BCUT2D eigenvalue weighted by Crippen LogP contribution is -2.26. The first-order chi connectivity index (χ1) is 8.04. The minimum Gasteiger partial charge on any atom is -0.310 e. The van der Waals surface area contributed by atoms with Crippen LogP contribution in [0.2, 0.25) is 0 Å². The molecule has 3 nitrogen and oxygen atoms in total. The highest BCUT2D eigenvalue weighted by Crippen LogP contribution is 2.10. The molecule has 0 aliphatic carbocycles. The van der Waals surface area contributed by atoms with E-state index in [2.05, 4.69) is 44.2 Å². The van der Waals surface area contributed by atoms with E-state index in [1.165, 1.54) is 0 Å². The molecule has 1 rings (SSSR count). The minimum absolute atomic E-state index is 0.187. The molecule has 0 bridgehead atoms. The molecule has 1 aromatic heterocycles. The van der Waals surface area contributed by atoms with Gasteiger partial charge in [0.15, 0.2) is 0 Å². The van der Waals surface area contributed by atoms with Crippen molar-refractivity contribution in [1.82, 2.24) is 15.1 Å². The van der Waals surface area contributed by atoms with Gasteiger partial charge in [0.1, 0.15) is 0 Å². The van der Waals surface area contributed by atoms with Crippen molar-refractivity contribution in [1.29, 1.82) is 0 Å². The van der Waals surface area contributed by atoms with Crippen molar-refractivity contribution in [3.05, 3.63) is 18.0 Å². The van der Waals surface area contributed by atoms with Crippen LogP contribution in [0.15, 0.2) is 12.3 Å². The third kappa shape index (κ3) is 4.68. The van der Waals surface area contributed by atoms with Gasteiger partial charge in [0.2, 0.25) is 0 Å². The van der Waals surface area contributed by atoms with Crippen LogP contribution in [0.25, 0.3) is 0 Å². The summed E-state index contributed by atoms with van der Waals surface area (Å²) in [5.41, 5.74) is 1.08. The van der Waals surface area contributed by atoms with Crippen molar-refractivity contribution in [2.24, 2.45) is 5.92 Å². The first-order valence-electron chi connectivity index (χ1n) is 6.43. The summed E-state index contributed by atoms with van der Waals surface area (Å²) in [7, 11) is 0. The SMILES string of the molecule is CCC(C)n1ccc(CNCC(Cl)C(C)C)n1. The van der Waals surface area contributed by atoms with E-state index in [1.807, 2.05) is 10.9 Å². The van der Waals surface area contributed by atoms with Gasteiger partial charge in [-0.2, -0.15) is 5.10 Å². The van der Waals surface area contributed by atoms with Crippen molar-refractivity contribution in [2.75, 3.05) is 6.54 Å². The zero-order chi connectivity index (χ0) is 12.8. The van der Waals surface area contributed by atoms with Gasteiger partial charge in [-0.25, -0.2) is 0 Å². The Morgan fingerprint density at radius 2 is 2.12 bits per heavy atom. The molecule has 2 unspecified atom stereocenters. The lowest BCUT2D eigenvalue weighted by molar-refractivity contribution is 0.469. The van der Waals surface area contributed by atoms with Gasteiger partial charge in [-0.1, -0.05) is 20.8 Å². The van der Waals surface area contributed by atoms with E-state index in [9.17, 15) is 0 Å². The molecular weight excluding hydrogens is 234 g/mol. The van der Waals surface area contributed by atoms with E-state index in [0.29, 0.717) is 12.0 Å². The number of nitrogens with one attached hydrogen (secondary N) is 1. The average molecular weight is 258 g/mol. The van der Waals surface area contributed by atoms with Gasteiger partial charge in [0.25, 0.3) is 0 Å². The highest BCUT2D eigenvalue weighted by atomic mass is 35.5. The van der Waals surface area contributed by atoms with Crippen molar-refractivity contribution < 1.29 is 0 Å². The molecule has 98 valence electrons. The molecule has 0 radical (unpaired) electrons. The Bertz CT molecular complexity index is 322. The Morgan fingerprint density at radius 3 is 2.71 bits per heavy atom. The Labute approximate surface area is 110 Å². The van der Waals surface area contributed by atoms with Crippen LogP contribution in [-0.2, 0) is 6.54 Å². The second kappa shape index (κ2) is 7.02. The van der Waals surface area contributed by atoms with E-state index in [-0.39, 0.29) is 5.38 Å². The van der Waals surface area contributed by atoms with Crippen molar-refractivity contribution in [2.45, 2.75) is 52.1 Å². The minimum atomic E-state index is 0.187. The van der Waals surface area contributed by atoms with Crippen LogP contribution < -0.4 is 5.32 Å². The summed E-state index contributed by atoms with van der Waals surface area (Å²) in [6.45, 7) is 10.2. The number of rotatable bonds is 7. The Morgan fingerprint density at radius 1 is 1.41 bits per heavy atom. The van der Waals surface area contributed by atoms with Crippen molar-refractivity contribution in [3.63, 3.8) is 0 Å². The van der Waals surface area contributed by atoms with Crippen LogP contribution in [0.3, 0.4) is 0 Å². The van der Waals surface area contributed by atoms with Gasteiger partial charge >= 0.3 is 0 Å². The summed E-state index contributed by atoms with van der Waals surface area (Å²) in [6, 6.07) is 2.54. The van der Waals surface area contributed by atoms with Crippen LogP contribution >= 0.6 is 11.6 Å². The first-order valence-corrected chi connectivity index (χ1v) is 6.87. The fourth-order valence-corrected chi connectivity index (χ4v) is 1.59. The van der Waals surface area contributed by atoms with Gasteiger partial charge < -0.3 is 5.32 Å². The molecule has 1 aromatic rings. The highest BCUT2D eigenvalue weighted by molar-refractivity contribution is 6.20. The number of hydrogen-bond acceptors (Lipinski definition) is 2. The van der Waals surface area contributed by atoms with Crippen LogP contribution in [-0.4, -0.2) is 21.7 Å². The van der Waals surface area contributed by atoms with E-state index in [1.54, 1.807) is 0 Å². The normalized spacial score (nSPS) is 15.2. The second-order valence-corrected chi connectivity index (χ2v) is 5.50. The first kappa shape index (κ1) is 14.5. The lowest BCUT2D eigenvalue weighted by atomic mass is 10.1.